The van der Waals surface area contributed by atoms with Crippen LogP contribution in [0.15, 0.2) is 48.5 Å². The largest absolute Gasteiger partial charge is 0.394 e. The minimum atomic E-state index is -1.94. The van der Waals surface area contributed by atoms with Crippen molar-refractivity contribution < 1.29 is 114 Å². The van der Waals surface area contributed by atoms with E-state index in [1.165, 1.54) is 0 Å². The number of anilines is 1. The Labute approximate surface area is 434 Å². The first kappa shape index (κ1) is 58.0. The highest BCUT2D eigenvalue weighted by Crippen LogP contribution is 2.41. The first-order chi connectivity index (χ1) is 36.1. The molecular formula is C49H68N4O23. The SMILES string of the molecule is CC(C)(C)C(=O)CCC(=O)N1Cc2ccccc2-c2c(nnn2CCO[C@@H]2O[C@H](CO[C@@H]3O[C@H](CO[C@@H]4O[C@H](CO[C@@H]5O[C@H](CO)[C@@H](O)[C@H](O)[C@H]5O)[C@@H](O)[C@H](O)[C@H]4O)[C@@H](O)[C@H](O)[C@H]3O)[C@@H](O)[C@H](O)[C@H]2O)-c2ccccc21. The summed E-state index contributed by atoms with van der Waals surface area (Å²) in [6.07, 6.45) is -34.5. The zero-order valence-electron chi connectivity index (χ0n) is 41.7. The molecule has 0 unspecified atom stereocenters. The lowest BCUT2D eigenvalue weighted by molar-refractivity contribution is -0.347. The van der Waals surface area contributed by atoms with E-state index >= 15 is 0 Å². The average molecular weight is 1080 g/mol. The molecule has 0 radical (unpaired) electrons. The lowest BCUT2D eigenvalue weighted by atomic mass is 9.88. The average Bonchev–Trinajstić information content (AvgIpc) is 3.82. The molecule has 0 bridgehead atoms. The summed E-state index contributed by atoms with van der Waals surface area (Å²) in [4.78, 5) is 28.3. The molecule has 27 heteroatoms. The number of Topliss-reactive ketones (excluding diaryl/α,β-unsaturated/α-hetero) is 1. The second kappa shape index (κ2) is 24.5. The normalized spacial score (nSPS) is 36.9. The number of aromatic nitrogens is 3. The molecule has 4 fully saturated rings. The summed E-state index contributed by atoms with van der Waals surface area (Å²) in [6, 6.07) is 14.6. The molecule has 6 heterocycles. The third-order valence-electron chi connectivity index (χ3n) is 14.2. The van der Waals surface area contributed by atoms with Gasteiger partial charge >= 0.3 is 0 Å². The number of nitrogens with zero attached hydrogens (tertiary/aromatic N) is 4. The highest BCUT2D eigenvalue weighted by atomic mass is 16.8. The maximum absolute atomic E-state index is 13.9. The smallest absolute Gasteiger partial charge is 0.227 e. The quantitative estimate of drug-likeness (QED) is 0.0603. The minimum absolute atomic E-state index is 0.00419. The van der Waals surface area contributed by atoms with Crippen molar-refractivity contribution in [2.24, 2.45) is 5.41 Å². The molecule has 5 aliphatic rings. The van der Waals surface area contributed by atoms with Gasteiger partial charge in [-0.05, 0) is 11.6 Å². The highest BCUT2D eigenvalue weighted by molar-refractivity contribution is 6.01. The molecule has 1 amide bonds. The third kappa shape index (κ3) is 12.2. The molecule has 4 saturated heterocycles. The van der Waals surface area contributed by atoms with E-state index in [9.17, 15) is 76.0 Å². The van der Waals surface area contributed by atoms with Gasteiger partial charge in [-0.3, -0.25) is 9.59 Å². The molecule has 3 aromatic rings. The maximum Gasteiger partial charge on any atom is 0.227 e. The first-order valence-corrected chi connectivity index (χ1v) is 24.9. The topological polar surface area (TPSA) is 405 Å². The summed E-state index contributed by atoms with van der Waals surface area (Å²) in [6.45, 7) is 2.65. The number of aliphatic hydroxyl groups is 13. The summed E-state index contributed by atoms with van der Waals surface area (Å²) < 4.78 is 46.7. The molecule has 2 aromatic carbocycles. The van der Waals surface area contributed by atoms with Gasteiger partial charge in [0.2, 0.25) is 5.91 Å². The number of carbonyl (C=O) groups excluding carboxylic acids is 2. The van der Waals surface area contributed by atoms with Gasteiger partial charge in [0.15, 0.2) is 25.2 Å². The summed E-state index contributed by atoms with van der Waals surface area (Å²) in [5.41, 5.74) is 3.12. The first-order valence-electron chi connectivity index (χ1n) is 24.9. The molecule has 422 valence electrons. The number of ketones is 1. The Morgan fingerprint density at radius 1 is 0.566 bits per heavy atom. The second-order valence-corrected chi connectivity index (χ2v) is 20.4. The Morgan fingerprint density at radius 3 is 1.49 bits per heavy atom. The monoisotopic (exact) mass is 1080 g/mol. The molecule has 13 N–H and O–H groups in total. The van der Waals surface area contributed by atoms with Gasteiger partial charge in [0.05, 0.1) is 57.5 Å². The van der Waals surface area contributed by atoms with Crippen LogP contribution in [-0.4, -0.2) is 249 Å². The van der Waals surface area contributed by atoms with Crippen LogP contribution in [0.5, 0.6) is 0 Å². The summed E-state index contributed by atoms with van der Waals surface area (Å²) in [5.74, 6) is -0.274. The van der Waals surface area contributed by atoms with Crippen molar-refractivity contribution in [3.8, 4) is 22.5 Å². The maximum atomic E-state index is 13.9. The number of carbonyl (C=O) groups is 2. The predicted molar refractivity (Wildman–Crippen MR) is 253 cm³/mol. The van der Waals surface area contributed by atoms with Gasteiger partial charge in [-0.15, -0.1) is 5.10 Å². The minimum Gasteiger partial charge on any atom is -0.394 e. The Morgan fingerprint density at radius 2 is 1.00 bits per heavy atom. The summed E-state index contributed by atoms with van der Waals surface area (Å²) in [7, 11) is 0. The number of hydrogen-bond donors (Lipinski definition) is 13. The number of ether oxygens (including phenoxy) is 8. The van der Waals surface area contributed by atoms with E-state index < -0.39 is 155 Å². The van der Waals surface area contributed by atoms with E-state index in [1.807, 2.05) is 51.1 Å². The molecule has 5 aliphatic heterocycles. The van der Waals surface area contributed by atoms with Gasteiger partial charge in [-0.1, -0.05) is 68.4 Å². The Bertz CT molecular complexity index is 2430. The fraction of sp³-hybridized carbons (Fsp3) is 0.673. The van der Waals surface area contributed by atoms with Crippen LogP contribution in [0.3, 0.4) is 0 Å². The fourth-order valence-electron chi connectivity index (χ4n) is 9.53. The van der Waals surface area contributed by atoms with Gasteiger partial charge in [0.1, 0.15) is 109 Å². The van der Waals surface area contributed by atoms with Crippen LogP contribution in [0.2, 0.25) is 0 Å². The van der Waals surface area contributed by atoms with Crippen LogP contribution >= 0.6 is 0 Å². The molecule has 0 aliphatic carbocycles. The number of hydrogen-bond acceptors (Lipinski definition) is 25. The number of para-hydroxylation sites is 1. The van der Waals surface area contributed by atoms with Gasteiger partial charge in [-0.25, -0.2) is 4.68 Å². The Hall–Kier alpha value is -4.12. The van der Waals surface area contributed by atoms with Gasteiger partial charge in [0, 0.05) is 29.4 Å². The Kier molecular flexibility index (Phi) is 18.7. The zero-order valence-corrected chi connectivity index (χ0v) is 41.7. The Balaban J connectivity index is 0.883. The number of rotatable bonds is 17. The zero-order chi connectivity index (χ0) is 54.9. The molecule has 20 atom stereocenters. The molecular weight excluding hydrogens is 1010 g/mol. The number of benzene rings is 2. The fourth-order valence-corrected chi connectivity index (χ4v) is 9.53. The van der Waals surface area contributed by atoms with E-state index in [0.717, 1.165) is 5.56 Å². The van der Waals surface area contributed by atoms with Crippen molar-refractivity contribution in [3.63, 3.8) is 0 Å². The molecule has 27 nitrogen and oxygen atoms in total. The van der Waals surface area contributed by atoms with Crippen molar-refractivity contribution in [3.05, 3.63) is 54.1 Å². The van der Waals surface area contributed by atoms with Gasteiger partial charge in [-0.2, -0.15) is 0 Å². The van der Waals surface area contributed by atoms with Crippen molar-refractivity contribution in [2.45, 2.75) is 170 Å². The van der Waals surface area contributed by atoms with Crippen LogP contribution < -0.4 is 4.90 Å². The number of aliphatic hydroxyl groups excluding tert-OH is 13. The third-order valence-corrected chi connectivity index (χ3v) is 14.2. The van der Waals surface area contributed by atoms with Crippen LogP contribution in [0.25, 0.3) is 22.5 Å². The van der Waals surface area contributed by atoms with E-state index in [4.69, 9.17) is 37.9 Å². The number of fused-ring (bicyclic) bond motifs is 5. The summed E-state index contributed by atoms with van der Waals surface area (Å²) in [5, 5.41) is 146. The molecule has 1 aromatic heterocycles. The van der Waals surface area contributed by atoms with Crippen molar-refractivity contribution in [1.29, 1.82) is 0 Å². The van der Waals surface area contributed by atoms with Crippen LogP contribution in [0.4, 0.5) is 5.69 Å². The number of amides is 1. The lowest BCUT2D eigenvalue weighted by Gasteiger charge is -2.44. The molecule has 76 heavy (non-hydrogen) atoms. The highest BCUT2D eigenvalue weighted by Gasteiger charge is 2.51. The van der Waals surface area contributed by atoms with E-state index in [0.29, 0.717) is 28.2 Å². The lowest BCUT2D eigenvalue weighted by Crippen LogP contribution is -2.63. The van der Waals surface area contributed by atoms with Gasteiger partial charge < -0.3 is 109 Å². The van der Waals surface area contributed by atoms with Crippen LogP contribution in [-0.2, 0) is 60.6 Å². The standard InChI is InChI=1S/C49H68N4O23/c1-49(2,3)29(55)12-13-30(56)52-16-21-8-4-5-9-22(21)32-31(23-10-6-7-11-24(23)52)50-51-53(32)14-15-69-45-41(65)38(62)34(58)26(74-45)18-71-47-43(67)40(64)36(60)28(76-47)20-72-48-44(68)39(63)35(59)27(75-48)19-70-46-42(66)37(61)33(57)25(17-54)73-46/h4-11,25-28,33-48,54,57-68H,12-20H2,1-3H3/t25-,26-,27-,28-,33-,34-,35-,36-,37+,38+,39+,40+,41-,42-,43-,44-,45-,46-,47-,48-/m1/s1. The van der Waals surface area contributed by atoms with Crippen LogP contribution in [0.1, 0.15) is 39.2 Å². The summed E-state index contributed by atoms with van der Waals surface area (Å²) >= 11 is 0. The molecule has 8 rings (SSSR count). The van der Waals surface area contributed by atoms with Crippen molar-refractivity contribution in [1.82, 2.24) is 15.0 Å². The van der Waals surface area contributed by atoms with Crippen molar-refractivity contribution >= 4 is 17.4 Å². The molecule has 0 spiro atoms. The van der Waals surface area contributed by atoms with E-state index in [1.54, 1.807) is 27.8 Å². The van der Waals surface area contributed by atoms with Gasteiger partial charge in [0.25, 0.3) is 0 Å². The second-order valence-electron chi connectivity index (χ2n) is 20.4. The predicted octanol–water partition coefficient (Wildman–Crippen LogP) is -4.86. The van der Waals surface area contributed by atoms with E-state index in [-0.39, 0.29) is 44.2 Å². The van der Waals surface area contributed by atoms with Crippen molar-refractivity contribution in [2.75, 3.05) is 37.9 Å². The molecule has 0 saturated carbocycles. The van der Waals surface area contributed by atoms with E-state index in [2.05, 4.69) is 10.3 Å². The van der Waals surface area contributed by atoms with Crippen LogP contribution in [0, 0.1) is 5.41 Å².